The van der Waals surface area contributed by atoms with Crippen LogP contribution in [0.1, 0.15) is 38.3 Å². The summed E-state index contributed by atoms with van der Waals surface area (Å²) in [5, 5.41) is 0. The second-order valence-electron chi connectivity index (χ2n) is 6.05. The van der Waals surface area contributed by atoms with E-state index >= 15 is 0 Å². The van der Waals surface area contributed by atoms with Crippen molar-refractivity contribution >= 4 is 5.91 Å². The molecule has 4 heteroatoms. The first-order valence-electron chi connectivity index (χ1n) is 7.73. The van der Waals surface area contributed by atoms with E-state index in [1.807, 2.05) is 17.0 Å². The molecule has 1 aliphatic heterocycles. The Bertz CT molecular complexity index is 470. The SMILES string of the molecule is COc1ccc(C2CCCN2C(=O)C(CN)C(C)C)cc1. The molecule has 1 fully saturated rings. The number of rotatable bonds is 5. The van der Waals surface area contributed by atoms with Gasteiger partial charge in [-0.3, -0.25) is 4.79 Å². The largest absolute Gasteiger partial charge is 0.497 e. The Morgan fingerprint density at radius 3 is 2.57 bits per heavy atom. The maximum Gasteiger partial charge on any atom is 0.227 e. The van der Waals surface area contributed by atoms with Gasteiger partial charge in [0.15, 0.2) is 0 Å². The summed E-state index contributed by atoms with van der Waals surface area (Å²) in [6.45, 7) is 5.38. The topological polar surface area (TPSA) is 55.6 Å². The van der Waals surface area contributed by atoms with Gasteiger partial charge >= 0.3 is 0 Å². The van der Waals surface area contributed by atoms with Crippen molar-refractivity contribution in [1.82, 2.24) is 4.90 Å². The molecule has 116 valence electrons. The average molecular weight is 290 g/mol. The molecule has 2 atom stereocenters. The van der Waals surface area contributed by atoms with Gasteiger partial charge in [-0.05, 0) is 36.5 Å². The predicted molar refractivity (Wildman–Crippen MR) is 84.1 cm³/mol. The van der Waals surface area contributed by atoms with Gasteiger partial charge < -0.3 is 15.4 Å². The van der Waals surface area contributed by atoms with Crippen molar-refractivity contribution in [1.29, 1.82) is 0 Å². The van der Waals surface area contributed by atoms with Gasteiger partial charge in [-0.25, -0.2) is 0 Å². The van der Waals surface area contributed by atoms with Crippen molar-refractivity contribution in [2.24, 2.45) is 17.6 Å². The maximum absolute atomic E-state index is 12.7. The zero-order chi connectivity index (χ0) is 15.4. The van der Waals surface area contributed by atoms with Crippen LogP contribution in [0.4, 0.5) is 0 Å². The quantitative estimate of drug-likeness (QED) is 0.907. The molecule has 0 aliphatic carbocycles. The number of carbonyl (C=O) groups excluding carboxylic acids is 1. The van der Waals surface area contributed by atoms with Gasteiger partial charge in [0.05, 0.1) is 19.1 Å². The van der Waals surface area contributed by atoms with Crippen LogP contribution in [0.5, 0.6) is 5.75 Å². The summed E-state index contributed by atoms with van der Waals surface area (Å²) in [5.74, 6) is 1.24. The number of carbonyl (C=O) groups is 1. The van der Waals surface area contributed by atoms with Crippen LogP contribution in [0.15, 0.2) is 24.3 Å². The Labute approximate surface area is 127 Å². The fourth-order valence-corrected chi connectivity index (χ4v) is 3.07. The van der Waals surface area contributed by atoms with E-state index in [9.17, 15) is 4.79 Å². The Hall–Kier alpha value is -1.55. The Kier molecular flexibility index (Phi) is 5.23. The lowest BCUT2D eigenvalue weighted by Gasteiger charge is -2.30. The molecule has 1 saturated heterocycles. The van der Waals surface area contributed by atoms with Crippen LogP contribution in [0.2, 0.25) is 0 Å². The summed E-state index contributed by atoms with van der Waals surface area (Å²) in [4.78, 5) is 14.8. The van der Waals surface area contributed by atoms with Crippen LogP contribution in [-0.2, 0) is 4.79 Å². The average Bonchev–Trinajstić information content (AvgIpc) is 2.97. The van der Waals surface area contributed by atoms with E-state index in [-0.39, 0.29) is 23.8 Å². The van der Waals surface area contributed by atoms with Gasteiger partial charge in [0.25, 0.3) is 0 Å². The van der Waals surface area contributed by atoms with Gasteiger partial charge in [0.2, 0.25) is 5.91 Å². The highest BCUT2D eigenvalue weighted by Gasteiger charge is 2.34. The molecule has 1 amide bonds. The maximum atomic E-state index is 12.7. The lowest BCUT2D eigenvalue weighted by molar-refractivity contribution is -0.137. The molecule has 2 unspecified atom stereocenters. The molecular weight excluding hydrogens is 264 g/mol. The highest BCUT2D eigenvalue weighted by molar-refractivity contribution is 5.80. The molecule has 0 spiro atoms. The number of likely N-dealkylation sites (tertiary alicyclic amines) is 1. The molecular formula is C17H26N2O2. The van der Waals surface area contributed by atoms with Crippen LogP contribution in [0.3, 0.4) is 0 Å². The minimum Gasteiger partial charge on any atom is -0.497 e. The van der Waals surface area contributed by atoms with Crippen LogP contribution in [-0.4, -0.2) is 31.0 Å². The Morgan fingerprint density at radius 1 is 1.38 bits per heavy atom. The first kappa shape index (κ1) is 15.8. The normalized spacial score (nSPS) is 19.9. The third-order valence-electron chi connectivity index (χ3n) is 4.41. The highest BCUT2D eigenvalue weighted by atomic mass is 16.5. The molecule has 0 saturated carbocycles. The van der Waals surface area contributed by atoms with Gasteiger partial charge in [-0.1, -0.05) is 26.0 Å². The summed E-state index contributed by atoms with van der Waals surface area (Å²) < 4.78 is 5.20. The Morgan fingerprint density at radius 2 is 2.05 bits per heavy atom. The van der Waals surface area contributed by atoms with Crippen LogP contribution in [0, 0.1) is 11.8 Å². The highest BCUT2D eigenvalue weighted by Crippen LogP contribution is 2.34. The summed E-state index contributed by atoms with van der Waals surface area (Å²) in [7, 11) is 1.66. The van der Waals surface area contributed by atoms with Gasteiger partial charge in [-0.2, -0.15) is 0 Å². The Balaban J connectivity index is 2.17. The van der Waals surface area contributed by atoms with E-state index in [1.54, 1.807) is 7.11 Å². The van der Waals surface area contributed by atoms with Crippen molar-refractivity contribution < 1.29 is 9.53 Å². The summed E-state index contributed by atoms with van der Waals surface area (Å²) in [5.41, 5.74) is 6.98. The molecule has 2 N–H and O–H groups in total. The molecule has 1 heterocycles. The summed E-state index contributed by atoms with van der Waals surface area (Å²) in [6, 6.07) is 8.21. The number of ether oxygens (including phenoxy) is 1. The number of methoxy groups -OCH3 is 1. The molecule has 0 radical (unpaired) electrons. The molecule has 4 nitrogen and oxygen atoms in total. The first-order valence-corrected chi connectivity index (χ1v) is 7.73. The van der Waals surface area contributed by atoms with Crippen molar-refractivity contribution in [2.75, 3.05) is 20.2 Å². The molecule has 0 aromatic heterocycles. The summed E-state index contributed by atoms with van der Waals surface area (Å²) in [6.07, 6.45) is 2.07. The smallest absolute Gasteiger partial charge is 0.227 e. The number of benzene rings is 1. The first-order chi connectivity index (χ1) is 10.1. The minimum atomic E-state index is -0.0798. The van der Waals surface area contributed by atoms with Crippen LogP contribution < -0.4 is 10.5 Å². The van der Waals surface area contributed by atoms with Crippen LogP contribution in [0.25, 0.3) is 0 Å². The minimum absolute atomic E-state index is 0.0798. The number of nitrogens with zero attached hydrogens (tertiary/aromatic N) is 1. The number of amides is 1. The fraction of sp³-hybridized carbons (Fsp3) is 0.588. The molecule has 21 heavy (non-hydrogen) atoms. The van der Waals surface area contributed by atoms with Gasteiger partial charge in [0.1, 0.15) is 5.75 Å². The third-order valence-corrected chi connectivity index (χ3v) is 4.41. The zero-order valence-corrected chi connectivity index (χ0v) is 13.2. The lowest BCUT2D eigenvalue weighted by Crippen LogP contribution is -2.41. The molecule has 2 rings (SSSR count). The van der Waals surface area contributed by atoms with E-state index in [2.05, 4.69) is 26.0 Å². The number of hydrogen-bond acceptors (Lipinski definition) is 3. The second kappa shape index (κ2) is 6.94. The van der Waals surface area contributed by atoms with Crippen LogP contribution >= 0.6 is 0 Å². The molecule has 1 aliphatic rings. The third kappa shape index (κ3) is 3.38. The monoisotopic (exact) mass is 290 g/mol. The fourth-order valence-electron chi connectivity index (χ4n) is 3.07. The standard InChI is InChI=1S/C17H26N2O2/c1-12(2)15(11-18)17(20)19-10-4-5-16(19)13-6-8-14(21-3)9-7-13/h6-9,12,15-16H,4-5,10-11,18H2,1-3H3. The van der Waals surface area contributed by atoms with E-state index in [1.165, 1.54) is 5.56 Å². The van der Waals surface area contributed by atoms with Crippen molar-refractivity contribution in [2.45, 2.75) is 32.7 Å². The van der Waals surface area contributed by atoms with E-state index in [0.29, 0.717) is 6.54 Å². The summed E-state index contributed by atoms with van der Waals surface area (Å²) >= 11 is 0. The number of hydrogen-bond donors (Lipinski definition) is 1. The predicted octanol–water partition coefficient (Wildman–Crippen LogP) is 2.59. The van der Waals surface area contributed by atoms with E-state index in [4.69, 9.17) is 10.5 Å². The van der Waals surface area contributed by atoms with Crippen molar-refractivity contribution in [3.05, 3.63) is 29.8 Å². The van der Waals surface area contributed by atoms with Crippen molar-refractivity contribution in [3.8, 4) is 5.75 Å². The zero-order valence-electron chi connectivity index (χ0n) is 13.2. The van der Waals surface area contributed by atoms with E-state index < -0.39 is 0 Å². The second-order valence-corrected chi connectivity index (χ2v) is 6.05. The van der Waals surface area contributed by atoms with Crippen molar-refractivity contribution in [3.63, 3.8) is 0 Å². The number of nitrogens with two attached hydrogens (primary N) is 1. The molecule has 1 aromatic carbocycles. The lowest BCUT2D eigenvalue weighted by atomic mass is 9.93. The van der Waals surface area contributed by atoms with E-state index in [0.717, 1.165) is 25.1 Å². The molecule has 0 bridgehead atoms. The van der Waals surface area contributed by atoms with Gasteiger partial charge in [0, 0.05) is 13.1 Å². The van der Waals surface area contributed by atoms with Gasteiger partial charge in [-0.15, -0.1) is 0 Å². The molecule has 1 aromatic rings.